The second-order valence-electron chi connectivity index (χ2n) is 3.89. The molecular formula is C11H13ClN6OS. The maximum absolute atomic E-state index is 12.0. The first-order valence-corrected chi connectivity index (χ1v) is 7.21. The summed E-state index contributed by atoms with van der Waals surface area (Å²) in [6, 6.07) is 3.31. The van der Waals surface area contributed by atoms with Crippen LogP contribution in [0, 0.1) is 0 Å². The van der Waals surface area contributed by atoms with E-state index in [0.29, 0.717) is 22.5 Å². The normalized spacial score (nSPS) is 12.2. The Hall–Kier alpha value is -1.67. The van der Waals surface area contributed by atoms with Crippen LogP contribution in [0.1, 0.15) is 13.8 Å². The van der Waals surface area contributed by atoms with Crippen molar-refractivity contribution in [3.8, 4) is 0 Å². The van der Waals surface area contributed by atoms with Crippen molar-refractivity contribution in [2.75, 3.05) is 5.32 Å². The fourth-order valence-electron chi connectivity index (χ4n) is 1.37. The van der Waals surface area contributed by atoms with E-state index in [0.717, 1.165) is 0 Å². The largest absolute Gasteiger partial charge is 0.310 e. The molecule has 0 saturated heterocycles. The number of aromatic nitrogens is 5. The van der Waals surface area contributed by atoms with Gasteiger partial charge in [-0.2, -0.15) is 0 Å². The molecule has 0 spiro atoms. The highest BCUT2D eigenvalue weighted by Crippen LogP contribution is 2.21. The van der Waals surface area contributed by atoms with Crippen molar-refractivity contribution in [1.82, 2.24) is 25.2 Å². The van der Waals surface area contributed by atoms with Gasteiger partial charge in [0, 0.05) is 12.7 Å². The minimum atomic E-state index is -0.344. The standard InChI is InChI=1S/C11H13ClN6OS/c1-3-18-11(15-16-17-18)20-7(2)10(19)14-9-5-4-8(12)6-13-9/h4-7H,3H2,1-2H3,(H,13,14,19). The van der Waals surface area contributed by atoms with Gasteiger partial charge in [-0.05, 0) is 36.4 Å². The first-order valence-electron chi connectivity index (χ1n) is 5.95. The average molecular weight is 313 g/mol. The lowest BCUT2D eigenvalue weighted by Gasteiger charge is -2.10. The van der Waals surface area contributed by atoms with Gasteiger partial charge in [-0.25, -0.2) is 9.67 Å². The molecule has 0 aliphatic rings. The molecule has 0 aliphatic carbocycles. The number of thioether (sulfide) groups is 1. The van der Waals surface area contributed by atoms with Crippen LogP contribution in [0.25, 0.3) is 0 Å². The Bertz CT molecular complexity index is 587. The highest BCUT2D eigenvalue weighted by molar-refractivity contribution is 8.00. The summed E-state index contributed by atoms with van der Waals surface area (Å²) in [7, 11) is 0. The van der Waals surface area contributed by atoms with Gasteiger partial charge in [0.1, 0.15) is 5.82 Å². The molecule has 1 atom stereocenters. The molecule has 7 nitrogen and oxygen atoms in total. The summed E-state index contributed by atoms with van der Waals surface area (Å²) < 4.78 is 1.63. The van der Waals surface area contributed by atoms with E-state index in [-0.39, 0.29) is 11.2 Å². The summed E-state index contributed by atoms with van der Waals surface area (Å²) >= 11 is 7.03. The summed E-state index contributed by atoms with van der Waals surface area (Å²) in [4.78, 5) is 16.1. The lowest BCUT2D eigenvalue weighted by atomic mass is 10.4. The number of carbonyl (C=O) groups is 1. The Labute approximate surface area is 125 Å². The predicted octanol–water partition coefficient (Wildman–Crippen LogP) is 1.86. The number of rotatable bonds is 5. The molecule has 0 bridgehead atoms. The molecule has 1 unspecified atom stereocenters. The number of hydrogen-bond donors (Lipinski definition) is 1. The van der Waals surface area contributed by atoms with Crippen LogP contribution in [0.2, 0.25) is 5.02 Å². The lowest BCUT2D eigenvalue weighted by molar-refractivity contribution is -0.115. The molecule has 2 aromatic rings. The molecule has 20 heavy (non-hydrogen) atoms. The van der Waals surface area contributed by atoms with Crippen molar-refractivity contribution < 1.29 is 4.79 Å². The van der Waals surface area contributed by atoms with Gasteiger partial charge in [-0.3, -0.25) is 4.79 Å². The minimum Gasteiger partial charge on any atom is -0.310 e. The first-order chi connectivity index (χ1) is 9.60. The zero-order valence-corrected chi connectivity index (χ0v) is 12.5. The van der Waals surface area contributed by atoms with Crippen LogP contribution in [0.4, 0.5) is 5.82 Å². The highest BCUT2D eigenvalue weighted by atomic mass is 35.5. The molecule has 2 aromatic heterocycles. The fourth-order valence-corrected chi connectivity index (χ4v) is 2.33. The average Bonchev–Trinajstić information content (AvgIpc) is 2.88. The number of halogens is 1. The topological polar surface area (TPSA) is 85.6 Å². The van der Waals surface area contributed by atoms with Crippen molar-refractivity contribution in [2.24, 2.45) is 0 Å². The molecule has 0 aliphatic heterocycles. The van der Waals surface area contributed by atoms with Crippen molar-refractivity contribution in [1.29, 1.82) is 0 Å². The molecule has 0 aromatic carbocycles. The Balaban J connectivity index is 1.97. The SMILES string of the molecule is CCn1nnnc1SC(C)C(=O)Nc1ccc(Cl)cn1. The van der Waals surface area contributed by atoms with Crippen LogP contribution in [0.3, 0.4) is 0 Å². The number of tetrazole rings is 1. The van der Waals surface area contributed by atoms with Crippen LogP contribution >= 0.6 is 23.4 Å². The number of amides is 1. The molecular weight excluding hydrogens is 300 g/mol. The van der Waals surface area contributed by atoms with Crippen molar-refractivity contribution in [3.05, 3.63) is 23.4 Å². The quantitative estimate of drug-likeness (QED) is 0.848. The molecule has 0 saturated carbocycles. The Kier molecular flexibility index (Phi) is 4.91. The Morgan fingerprint density at radius 2 is 2.35 bits per heavy atom. The Morgan fingerprint density at radius 3 is 3.00 bits per heavy atom. The zero-order chi connectivity index (χ0) is 14.5. The molecule has 2 rings (SSSR count). The molecule has 106 valence electrons. The van der Waals surface area contributed by atoms with E-state index in [1.54, 1.807) is 23.7 Å². The van der Waals surface area contributed by atoms with Gasteiger partial charge in [0.05, 0.1) is 10.3 Å². The second-order valence-corrected chi connectivity index (χ2v) is 5.63. The zero-order valence-electron chi connectivity index (χ0n) is 10.9. The van der Waals surface area contributed by atoms with Gasteiger partial charge >= 0.3 is 0 Å². The second kappa shape index (κ2) is 6.67. The van der Waals surface area contributed by atoms with Gasteiger partial charge < -0.3 is 5.32 Å². The van der Waals surface area contributed by atoms with Crippen LogP contribution in [0.5, 0.6) is 0 Å². The molecule has 1 N–H and O–H groups in total. The van der Waals surface area contributed by atoms with E-state index in [1.807, 2.05) is 6.92 Å². The smallest absolute Gasteiger partial charge is 0.238 e. The first kappa shape index (κ1) is 14.7. The third-order valence-electron chi connectivity index (χ3n) is 2.43. The van der Waals surface area contributed by atoms with E-state index in [2.05, 4.69) is 25.8 Å². The van der Waals surface area contributed by atoms with Gasteiger partial charge in [0.25, 0.3) is 0 Å². The minimum absolute atomic E-state index is 0.171. The maximum Gasteiger partial charge on any atom is 0.238 e. The number of nitrogens with zero attached hydrogens (tertiary/aromatic N) is 5. The fraction of sp³-hybridized carbons (Fsp3) is 0.364. The summed E-state index contributed by atoms with van der Waals surface area (Å²) in [5.41, 5.74) is 0. The summed E-state index contributed by atoms with van der Waals surface area (Å²) in [5.74, 6) is 0.289. The van der Waals surface area contributed by atoms with E-state index in [9.17, 15) is 4.79 Å². The number of anilines is 1. The van der Waals surface area contributed by atoms with Gasteiger partial charge in [-0.1, -0.05) is 23.4 Å². The van der Waals surface area contributed by atoms with Crippen LogP contribution in [0.15, 0.2) is 23.5 Å². The number of nitrogens with one attached hydrogen (secondary N) is 1. The summed E-state index contributed by atoms with van der Waals surface area (Å²) in [5, 5.41) is 14.8. The molecule has 0 radical (unpaired) electrons. The maximum atomic E-state index is 12.0. The van der Waals surface area contributed by atoms with E-state index in [4.69, 9.17) is 11.6 Å². The molecule has 0 fully saturated rings. The Morgan fingerprint density at radius 1 is 1.55 bits per heavy atom. The van der Waals surface area contributed by atoms with Gasteiger partial charge in [0.15, 0.2) is 0 Å². The van der Waals surface area contributed by atoms with Crippen molar-refractivity contribution >= 4 is 35.1 Å². The van der Waals surface area contributed by atoms with Crippen LogP contribution in [-0.4, -0.2) is 36.3 Å². The third kappa shape index (κ3) is 3.67. The predicted molar refractivity (Wildman–Crippen MR) is 76.7 cm³/mol. The van der Waals surface area contributed by atoms with Crippen LogP contribution < -0.4 is 5.32 Å². The number of pyridine rings is 1. The third-order valence-corrected chi connectivity index (χ3v) is 3.72. The summed E-state index contributed by atoms with van der Waals surface area (Å²) in [6.07, 6.45) is 1.48. The number of hydrogen-bond acceptors (Lipinski definition) is 6. The number of aryl methyl sites for hydroxylation is 1. The monoisotopic (exact) mass is 312 g/mol. The molecule has 2 heterocycles. The van der Waals surface area contributed by atoms with Crippen molar-refractivity contribution in [2.45, 2.75) is 30.8 Å². The van der Waals surface area contributed by atoms with Gasteiger partial charge in [-0.15, -0.1) is 5.10 Å². The number of carbonyl (C=O) groups excluding carboxylic acids is 1. The van der Waals surface area contributed by atoms with E-state index in [1.165, 1.54) is 18.0 Å². The molecule has 1 amide bonds. The van der Waals surface area contributed by atoms with E-state index >= 15 is 0 Å². The highest BCUT2D eigenvalue weighted by Gasteiger charge is 2.18. The van der Waals surface area contributed by atoms with E-state index < -0.39 is 0 Å². The summed E-state index contributed by atoms with van der Waals surface area (Å²) in [6.45, 7) is 4.37. The molecule has 9 heteroatoms. The van der Waals surface area contributed by atoms with Gasteiger partial charge in [0.2, 0.25) is 11.1 Å². The van der Waals surface area contributed by atoms with Crippen molar-refractivity contribution in [3.63, 3.8) is 0 Å². The van der Waals surface area contributed by atoms with Crippen LogP contribution in [-0.2, 0) is 11.3 Å². The lowest BCUT2D eigenvalue weighted by Crippen LogP contribution is -2.23.